The van der Waals surface area contributed by atoms with Crippen LogP contribution >= 0.6 is 0 Å². The highest BCUT2D eigenvalue weighted by molar-refractivity contribution is 5.94. The van der Waals surface area contributed by atoms with Crippen LogP contribution < -0.4 is 0 Å². The first kappa shape index (κ1) is 18.3. The highest BCUT2D eigenvalue weighted by atomic mass is 19.1. The maximum atomic E-state index is 13.2. The normalized spacial score (nSPS) is 16.6. The minimum atomic E-state index is -0.356. The van der Waals surface area contributed by atoms with Gasteiger partial charge in [0.15, 0.2) is 0 Å². The molecule has 144 valence electrons. The number of aryl methyl sites for hydroxylation is 3. The Morgan fingerprint density at radius 1 is 1.18 bits per heavy atom. The standard InChI is InChI=1S/C21H21FN4O2/c1-12-20(13(2)28-25-12)18-11-17(23-14(3)24-18)19-5-4-10-26(19)21(27)15-6-8-16(22)9-7-15/h6-9,11,19H,4-5,10H2,1-3H3/t19-/m0/s1. The van der Waals surface area contributed by atoms with E-state index < -0.39 is 0 Å². The van der Waals surface area contributed by atoms with Crippen LogP contribution in [0.2, 0.25) is 0 Å². The van der Waals surface area contributed by atoms with Crippen LogP contribution in [-0.2, 0) is 0 Å². The number of hydrogen-bond donors (Lipinski definition) is 0. The van der Waals surface area contributed by atoms with E-state index in [4.69, 9.17) is 4.52 Å². The Balaban J connectivity index is 1.70. The summed E-state index contributed by atoms with van der Waals surface area (Å²) in [6.45, 7) is 6.21. The molecule has 1 aromatic carbocycles. The average Bonchev–Trinajstić information content (AvgIpc) is 3.28. The molecule has 0 spiro atoms. The Bertz CT molecular complexity index is 1010. The Kier molecular flexibility index (Phi) is 4.66. The van der Waals surface area contributed by atoms with Crippen molar-refractivity contribution in [2.24, 2.45) is 0 Å². The second-order valence-electron chi connectivity index (χ2n) is 7.09. The van der Waals surface area contributed by atoms with Gasteiger partial charge in [0.1, 0.15) is 17.4 Å². The lowest BCUT2D eigenvalue weighted by Crippen LogP contribution is -2.31. The molecule has 3 aromatic rings. The fraction of sp³-hybridized carbons (Fsp3) is 0.333. The van der Waals surface area contributed by atoms with Crippen molar-refractivity contribution in [3.05, 3.63) is 64.7 Å². The molecule has 7 heteroatoms. The predicted molar refractivity (Wildman–Crippen MR) is 101 cm³/mol. The molecule has 1 aliphatic rings. The summed E-state index contributed by atoms with van der Waals surface area (Å²) in [5.41, 5.74) is 3.66. The van der Waals surface area contributed by atoms with Gasteiger partial charge in [-0.05, 0) is 63.9 Å². The van der Waals surface area contributed by atoms with E-state index in [1.54, 1.807) is 0 Å². The van der Waals surface area contributed by atoms with E-state index in [0.717, 1.165) is 35.5 Å². The molecule has 1 amide bonds. The second-order valence-corrected chi connectivity index (χ2v) is 7.09. The highest BCUT2D eigenvalue weighted by Gasteiger charge is 2.32. The average molecular weight is 380 g/mol. The zero-order valence-corrected chi connectivity index (χ0v) is 16.1. The number of nitrogens with zero attached hydrogens (tertiary/aromatic N) is 4. The van der Waals surface area contributed by atoms with Gasteiger partial charge in [-0.15, -0.1) is 0 Å². The van der Waals surface area contributed by atoms with Crippen LogP contribution in [0, 0.1) is 26.6 Å². The van der Waals surface area contributed by atoms with Crippen molar-refractivity contribution in [2.75, 3.05) is 6.54 Å². The molecule has 4 rings (SSSR count). The monoisotopic (exact) mass is 380 g/mol. The maximum Gasteiger partial charge on any atom is 0.254 e. The lowest BCUT2D eigenvalue weighted by molar-refractivity contribution is 0.0732. The molecule has 2 aromatic heterocycles. The van der Waals surface area contributed by atoms with Crippen LogP contribution in [0.5, 0.6) is 0 Å². The van der Waals surface area contributed by atoms with Gasteiger partial charge in [0.2, 0.25) is 0 Å². The molecule has 1 fully saturated rings. The summed E-state index contributed by atoms with van der Waals surface area (Å²) < 4.78 is 18.5. The number of carbonyl (C=O) groups excluding carboxylic acids is 1. The van der Waals surface area contributed by atoms with E-state index in [-0.39, 0.29) is 17.8 Å². The van der Waals surface area contributed by atoms with Gasteiger partial charge >= 0.3 is 0 Å². The van der Waals surface area contributed by atoms with E-state index in [0.29, 0.717) is 23.7 Å². The minimum Gasteiger partial charge on any atom is -0.361 e. The molecule has 3 heterocycles. The van der Waals surface area contributed by atoms with E-state index in [1.807, 2.05) is 31.7 Å². The van der Waals surface area contributed by atoms with Gasteiger partial charge in [0.05, 0.1) is 28.7 Å². The summed E-state index contributed by atoms with van der Waals surface area (Å²) in [6.07, 6.45) is 1.71. The zero-order chi connectivity index (χ0) is 19.8. The number of amides is 1. The van der Waals surface area contributed by atoms with E-state index in [9.17, 15) is 9.18 Å². The van der Waals surface area contributed by atoms with E-state index >= 15 is 0 Å². The Labute approximate surface area is 162 Å². The van der Waals surface area contributed by atoms with Crippen LogP contribution in [-0.4, -0.2) is 32.5 Å². The Morgan fingerprint density at radius 2 is 1.93 bits per heavy atom. The van der Waals surface area contributed by atoms with E-state index in [1.165, 1.54) is 24.3 Å². The van der Waals surface area contributed by atoms with Crippen LogP contribution in [0.1, 0.15) is 52.2 Å². The van der Waals surface area contributed by atoms with Gasteiger partial charge in [0.25, 0.3) is 5.91 Å². The summed E-state index contributed by atoms with van der Waals surface area (Å²) in [4.78, 5) is 24.0. The molecule has 1 saturated heterocycles. The van der Waals surface area contributed by atoms with Crippen molar-refractivity contribution < 1.29 is 13.7 Å². The number of likely N-dealkylation sites (tertiary alicyclic amines) is 1. The molecular formula is C21H21FN4O2. The van der Waals surface area contributed by atoms with E-state index in [2.05, 4.69) is 15.1 Å². The maximum absolute atomic E-state index is 13.2. The molecule has 0 unspecified atom stereocenters. The van der Waals surface area contributed by atoms with Crippen molar-refractivity contribution in [3.8, 4) is 11.3 Å². The predicted octanol–water partition coefficient (Wildman–Crippen LogP) is 4.17. The molecule has 1 aliphatic heterocycles. The van der Waals surface area contributed by atoms with Crippen LogP contribution in [0.3, 0.4) is 0 Å². The molecule has 6 nitrogen and oxygen atoms in total. The summed E-state index contributed by atoms with van der Waals surface area (Å²) in [6, 6.07) is 7.44. The van der Waals surface area contributed by atoms with Crippen molar-refractivity contribution in [2.45, 2.75) is 39.7 Å². The third kappa shape index (κ3) is 3.28. The third-order valence-electron chi connectivity index (χ3n) is 5.09. The topological polar surface area (TPSA) is 72.1 Å². The zero-order valence-electron chi connectivity index (χ0n) is 16.1. The number of benzene rings is 1. The van der Waals surface area contributed by atoms with Gasteiger partial charge in [-0.25, -0.2) is 14.4 Å². The summed E-state index contributed by atoms with van der Waals surface area (Å²) >= 11 is 0. The lowest BCUT2D eigenvalue weighted by Gasteiger charge is -2.25. The minimum absolute atomic E-state index is 0.113. The van der Waals surface area contributed by atoms with Crippen LogP contribution in [0.4, 0.5) is 4.39 Å². The molecular weight excluding hydrogens is 359 g/mol. The number of rotatable bonds is 3. The fourth-order valence-corrected chi connectivity index (χ4v) is 3.81. The summed E-state index contributed by atoms with van der Waals surface area (Å²) in [7, 11) is 0. The van der Waals surface area contributed by atoms with Crippen molar-refractivity contribution in [3.63, 3.8) is 0 Å². The quantitative estimate of drug-likeness (QED) is 0.682. The largest absolute Gasteiger partial charge is 0.361 e. The fourth-order valence-electron chi connectivity index (χ4n) is 3.81. The molecule has 0 N–H and O–H groups in total. The number of aromatic nitrogens is 3. The third-order valence-corrected chi connectivity index (χ3v) is 5.09. The Hall–Kier alpha value is -3.09. The first-order chi connectivity index (χ1) is 13.4. The molecule has 0 radical (unpaired) electrons. The lowest BCUT2D eigenvalue weighted by atomic mass is 10.1. The van der Waals surface area contributed by atoms with Crippen molar-refractivity contribution >= 4 is 5.91 Å². The second kappa shape index (κ2) is 7.14. The first-order valence-electron chi connectivity index (χ1n) is 9.29. The SMILES string of the molecule is Cc1nc(-c2c(C)noc2C)cc([C@@H]2CCCN2C(=O)c2ccc(F)cc2)n1. The number of carbonyl (C=O) groups is 1. The molecule has 1 atom stereocenters. The van der Waals surface area contributed by atoms with Gasteiger partial charge in [0, 0.05) is 12.1 Å². The van der Waals surface area contributed by atoms with Gasteiger partial charge in [-0.3, -0.25) is 4.79 Å². The highest BCUT2D eigenvalue weighted by Crippen LogP contribution is 2.34. The van der Waals surface area contributed by atoms with Crippen LogP contribution in [0.15, 0.2) is 34.9 Å². The van der Waals surface area contributed by atoms with Crippen molar-refractivity contribution in [1.82, 2.24) is 20.0 Å². The van der Waals surface area contributed by atoms with Gasteiger partial charge < -0.3 is 9.42 Å². The summed E-state index contributed by atoms with van der Waals surface area (Å²) in [5, 5.41) is 4.01. The van der Waals surface area contributed by atoms with Gasteiger partial charge in [-0.2, -0.15) is 0 Å². The molecule has 0 saturated carbocycles. The first-order valence-corrected chi connectivity index (χ1v) is 9.29. The van der Waals surface area contributed by atoms with Gasteiger partial charge in [-0.1, -0.05) is 5.16 Å². The van der Waals surface area contributed by atoms with Crippen LogP contribution in [0.25, 0.3) is 11.3 Å². The molecule has 0 bridgehead atoms. The Morgan fingerprint density at radius 3 is 2.61 bits per heavy atom. The molecule has 0 aliphatic carbocycles. The number of halogens is 1. The smallest absolute Gasteiger partial charge is 0.254 e. The van der Waals surface area contributed by atoms with Crippen molar-refractivity contribution in [1.29, 1.82) is 0 Å². The molecule has 28 heavy (non-hydrogen) atoms. The number of hydrogen-bond acceptors (Lipinski definition) is 5. The summed E-state index contributed by atoms with van der Waals surface area (Å²) in [5.74, 6) is 0.864.